The van der Waals surface area contributed by atoms with Crippen molar-refractivity contribution >= 4 is 23.2 Å². The van der Waals surface area contributed by atoms with E-state index < -0.39 is 0 Å². The lowest BCUT2D eigenvalue weighted by atomic mass is 10.1. The minimum Gasteiger partial charge on any atom is -0.393 e. The van der Waals surface area contributed by atoms with Gasteiger partial charge in [-0.3, -0.25) is 0 Å². The third kappa shape index (κ3) is 6.28. The summed E-state index contributed by atoms with van der Waals surface area (Å²) in [6, 6.07) is -0.106. The van der Waals surface area contributed by atoms with Gasteiger partial charge in [-0.25, -0.2) is 4.79 Å². The van der Waals surface area contributed by atoms with E-state index in [0.29, 0.717) is 11.5 Å². The number of nitrogens with one attached hydrogen (secondary N) is 1. The Labute approximate surface area is 97.2 Å². The number of thiocarbonyl (C=S) groups is 1. The molecule has 3 N–H and O–H groups in total. The van der Waals surface area contributed by atoms with Gasteiger partial charge in [0.1, 0.15) is 0 Å². The Hall–Kier alpha value is -0.840. The largest absolute Gasteiger partial charge is 0.393 e. The van der Waals surface area contributed by atoms with Crippen LogP contribution in [-0.2, 0) is 0 Å². The number of nitrogens with zero attached hydrogens (tertiary/aromatic N) is 1. The molecule has 0 saturated carbocycles. The highest BCUT2D eigenvalue weighted by molar-refractivity contribution is 7.80. The Balaban J connectivity index is 4.17. The second-order valence-corrected chi connectivity index (χ2v) is 5.34. The fourth-order valence-corrected chi connectivity index (χ4v) is 1.07. The summed E-state index contributed by atoms with van der Waals surface area (Å²) < 4.78 is 0. The van der Waals surface area contributed by atoms with Crippen LogP contribution in [0.5, 0.6) is 0 Å². The molecule has 0 spiro atoms. The van der Waals surface area contributed by atoms with Crippen molar-refractivity contribution in [3.05, 3.63) is 0 Å². The number of carbonyl (C=O) groups excluding carboxylic acids is 1. The van der Waals surface area contributed by atoms with E-state index in [0.717, 1.165) is 0 Å². The normalized spacial score (nSPS) is 13.1. The van der Waals surface area contributed by atoms with E-state index in [-0.39, 0.29) is 17.5 Å². The predicted molar refractivity (Wildman–Crippen MR) is 66.9 cm³/mol. The predicted octanol–water partition coefficient (Wildman–Crippen LogP) is 1.35. The molecule has 0 aromatic carbocycles. The van der Waals surface area contributed by atoms with E-state index in [2.05, 4.69) is 5.32 Å². The third-order valence-electron chi connectivity index (χ3n) is 1.86. The molecular weight excluding hydrogens is 210 g/mol. The second-order valence-electron chi connectivity index (χ2n) is 4.86. The van der Waals surface area contributed by atoms with Crippen LogP contribution in [-0.4, -0.2) is 35.1 Å². The van der Waals surface area contributed by atoms with Gasteiger partial charge in [0, 0.05) is 25.0 Å². The maximum Gasteiger partial charge on any atom is 0.317 e. The average molecular weight is 231 g/mol. The molecule has 0 fully saturated rings. The van der Waals surface area contributed by atoms with Gasteiger partial charge in [0.25, 0.3) is 0 Å². The molecule has 0 heterocycles. The molecular formula is C10H21N3OS. The van der Waals surface area contributed by atoms with Crippen molar-refractivity contribution in [2.45, 2.75) is 33.2 Å². The maximum absolute atomic E-state index is 11.6. The first-order valence-corrected chi connectivity index (χ1v) is 5.37. The average Bonchev–Trinajstić information content (AvgIpc) is 2.00. The summed E-state index contributed by atoms with van der Waals surface area (Å²) in [6.45, 7) is 8.27. The van der Waals surface area contributed by atoms with Gasteiger partial charge < -0.3 is 16.0 Å². The Kier molecular flexibility index (Phi) is 5.00. The molecule has 0 radical (unpaired) electrons. The van der Waals surface area contributed by atoms with Crippen LogP contribution in [0.25, 0.3) is 0 Å². The Morgan fingerprint density at radius 1 is 1.53 bits per heavy atom. The monoisotopic (exact) mass is 231 g/mol. The zero-order valence-electron chi connectivity index (χ0n) is 10.1. The van der Waals surface area contributed by atoms with E-state index in [1.165, 1.54) is 0 Å². The Bertz CT molecular complexity index is 248. The van der Waals surface area contributed by atoms with Crippen LogP contribution in [0.15, 0.2) is 0 Å². The molecule has 88 valence electrons. The topological polar surface area (TPSA) is 58.4 Å². The molecule has 2 amide bonds. The molecule has 1 atom stereocenters. The highest BCUT2D eigenvalue weighted by Gasteiger charge is 2.18. The van der Waals surface area contributed by atoms with Crippen LogP contribution < -0.4 is 11.1 Å². The van der Waals surface area contributed by atoms with Crippen molar-refractivity contribution in [3.8, 4) is 0 Å². The van der Waals surface area contributed by atoms with Crippen molar-refractivity contribution in [2.24, 2.45) is 11.7 Å². The van der Waals surface area contributed by atoms with Gasteiger partial charge in [-0.2, -0.15) is 0 Å². The summed E-state index contributed by atoms with van der Waals surface area (Å²) in [7, 11) is 1.73. The van der Waals surface area contributed by atoms with Crippen LogP contribution >= 0.6 is 12.2 Å². The first-order chi connectivity index (χ1) is 6.63. The van der Waals surface area contributed by atoms with Crippen LogP contribution in [0.2, 0.25) is 0 Å². The zero-order valence-corrected chi connectivity index (χ0v) is 10.9. The number of amides is 2. The number of rotatable bonds is 3. The van der Waals surface area contributed by atoms with E-state index in [9.17, 15) is 4.79 Å². The van der Waals surface area contributed by atoms with Crippen molar-refractivity contribution in [1.29, 1.82) is 0 Å². The maximum atomic E-state index is 11.6. The fourth-order valence-electron chi connectivity index (χ4n) is 1.000. The van der Waals surface area contributed by atoms with Crippen LogP contribution in [0.1, 0.15) is 27.7 Å². The molecule has 5 heteroatoms. The summed E-state index contributed by atoms with van der Waals surface area (Å²) >= 11 is 4.85. The molecule has 4 nitrogen and oxygen atoms in total. The Morgan fingerprint density at radius 3 is 2.33 bits per heavy atom. The highest BCUT2D eigenvalue weighted by atomic mass is 32.1. The van der Waals surface area contributed by atoms with E-state index in [4.69, 9.17) is 18.0 Å². The molecule has 0 saturated heterocycles. The molecule has 0 rings (SSSR count). The van der Waals surface area contributed by atoms with Gasteiger partial charge in [-0.1, -0.05) is 19.1 Å². The molecule has 0 aliphatic heterocycles. The molecule has 0 aliphatic rings. The van der Waals surface area contributed by atoms with Crippen LogP contribution in [0.3, 0.4) is 0 Å². The SMILES string of the molecule is CC(CN(C)C(=O)NC(C)(C)C)C(N)=S. The van der Waals surface area contributed by atoms with Gasteiger partial charge >= 0.3 is 6.03 Å². The summed E-state index contributed by atoms with van der Waals surface area (Å²) in [5.41, 5.74) is 5.26. The molecule has 1 unspecified atom stereocenters. The standard InChI is InChI=1S/C10H21N3OS/c1-7(8(11)15)6-13(5)9(14)12-10(2,3)4/h7H,6H2,1-5H3,(H2,11,15)(H,12,14). The summed E-state index contributed by atoms with van der Waals surface area (Å²) in [5.74, 6) is 0.0377. The third-order valence-corrected chi connectivity index (χ3v) is 2.26. The van der Waals surface area contributed by atoms with Gasteiger partial charge in [0.05, 0.1) is 4.99 Å². The highest BCUT2D eigenvalue weighted by Crippen LogP contribution is 2.03. The lowest BCUT2D eigenvalue weighted by Gasteiger charge is -2.27. The first kappa shape index (κ1) is 14.2. The van der Waals surface area contributed by atoms with Gasteiger partial charge in [0.15, 0.2) is 0 Å². The molecule has 0 aliphatic carbocycles. The van der Waals surface area contributed by atoms with E-state index in [1.54, 1.807) is 11.9 Å². The summed E-state index contributed by atoms with van der Waals surface area (Å²) in [5, 5.41) is 2.87. The Morgan fingerprint density at radius 2 is 2.00 bits per heavy atom. The van der Waals surface area contributed by atoms with Gasteiger partial charge in [-0.05, 0) is 20.8 Å². The minimum atomic E-state index is -0.224. The number of hydrogen-bond donors (Lipinski definition) is 2. The number of hydrogen-bond acceptors (Lipinski definition) is 2. The number of carbonyl (C=O) groups is 1. The summed E-state index contributed by atoms with van der Waals surface area (Å²) in [4.78, 5) is 13.7. The fraction of sp³-hybridized carbons (Fsp3) is 0.800. The number of nitrogens with two attached hydrogens (primary N) is 1. The van der Waals surface area contributed by atoms with E-state index >= 15 is 0 Å². The van der Waals surface area contributed by atoms with Crippen molar-refractivity contribution in [2.75, 3.05) is 13.6 Å². The number of urea groups is 1. The van der Waals surface area contributed by atoms with E-state index in [1.807, 2.05) is 27.7 Å². The van der Waals surface area contributed by atoms with Gasteiger partial charge in [0.2, 0.25) is 0 Å². The lowest BCUT2D eigenvalue weighted by Crippen LogP contribution is -2.48. The smallest absolute Gasteiger partial charge is 0.317 e. The second kappa shape index (κ2) is 5.30. The zero-order chi connectivity index (χ0) is 12.2. The lowest BCUT2D eigenvalue weighted by molar-refractivity contribution is 0.197. The molecule has 15 heavy (non-hydrogen) atoms. The molecule has 0 aromatic rings. The van der Waals surface area contributed by atoms with Gasteiger partial charge in [-0.15, -0.1) is 0 Å². The van der Waals surface area contributed by atoms with Crippen molar-refractivity contribution in [1.82, 2.24) is 10.2 Å². The molecule has 0 aromatic heterocycles. The van der Waals surface area contributed by atoms with Crippen LogP contribution in [0.4, 0.5) is 4.79 Å². The minimum absolute atomic E-state index is 0.0377. The van der Waals surface area contributed by atoms with Crippen molar-refractivity contribution in [3.63, 3.8) is 0 Å². The quantitative estimate of drug-likeness (QED) is 0.721. The van der Waals surface area contributed by atoms with Crippen molar-refractivity contribution < 1.29 is 4.79 Å². The molecule has 0 bridgehead atoms. The summed E-state index contributed by atoms with van der Waals surface area (Å²) in [6.07, 6.45) is 0. The first-order valence-electron chi connectivity index (χ1n) is 4.96. The van der Waals surface area contributed by atoms with Crippen LogP contribution in [0, 0.1) is 5.92 Å².